The number of piperidine rings is 1. The quantitative estimate of drug-likeness (QED) is 0.259. The van der Waals surface area contributed by atoms with Crippen molar-refractivity contribution in [1.29, 1.82) is 0 Å². The lowest BCUT2D eigenvalue weighted by Crippen LogP contribution is -2.49. The summed E-state index contributed by atoms with van der Waals surface area (Å²) in [5.74, 6) is 0.905. The number of halogens is 1. The second-order valence-corrected chi connectivity index (χ2v) is 7.91. The Morgan fingerprint density at radius 3 is 2.74 bits per heavy atom. The van der Waals surface area contributed by atoms with E-state index >= 15 is 0 Å². The second-order valence-electron chi connectivity index (χ2n) is 7.07. The van der Waals surface area contributed by atoms with Gasteiger partial charge >= 0.3 is 0 Å². The van der Waals surface area contributed by atoms with E-state index in [4.69, 9.17) is 4.98 Å². The molecule has 2 N–H and O–H groups in total. The summed E-state index contributed by atoms with van der Waals surface area (Å²) in [6.07, 6.45) is 7.82. The minimum absolute atomic E-state index is 0. The highest BCUT2D eigenvalue weighted by Crippen LogP contribution is 2.24. The Hall–Kier alpha value is -0.870. The molecule has 2 saturated heterocycles. The molecule has 0 amide bonds. The van der Waals surface area contributed by atoms with Gasteiger partial charge in [-0.15, -0.1) is 41.9 Å². The van der Waals surface area contributed by atoms with Crippen LogP contribution in [0.5, 0.6) is 0 Å². The van der Waals surface area contributed by atoms with Gasteiger partial charge in [0.1, 0.15) is 0 Å². The van der Waals surface area contributed by atoms with E-state index in [-0.39, 0.29) is 24.0 Å². The van der Waals surface area contributed by atoms with E-state index in [2.05, 4.69) is 37.4 Å². The number of thiazole rings is 1. The van der Waals surface area contributed by atoms with Crippen molar-refractivity contribution in [2.75, 3.05) is 51.2 Å². The van der Waals surface area contributed by atoms with Crippen LogP contribution in [0.3, 0.4) is 0 Å². The first-order chi connectivity index (χ1) is 12.8. The van der Waals surface area contributed by atoms with E-state index in [9.17, 15) is 0 Å². The van der Waals surface area contributed by atoms with E-state index in [1.807, 2.05) is 13.1 Å². The minimum atomic E-state index is 0. The molecule has 0 atom stereocenters. The Bertz CT molecular complexity index is 591. The van der Waals surface area contributed by atoms with Crippen molar-refractivity contribution in [3.05, 3.63) is 23.7 Å². The number of guanidine groups is 1. The Kier molecular flexibility index (Phi) is 9.84. The summed E-state index contributed by atoms with van der Waals surface area (Å²) >= 11 is 1.77. The van der Waals surface area contributed by atoms with Crippen molar-refractivity contribution in [2.24, 2.45) is 4.99 Å². The molecule has 0 aliphatic carbocycles. The average Bonchev–Trinajstić information content (AvgIpc) is 3.34. The Labute approximate surface area is 184 Å². The predicted molar refractivity (Wildman–Crippen MR) is 127 cm³/mol. The van der Waals surface area contributed by atoms with Crippen molar-refractivity contribution in [2.45, 2.75) is 38.1 Å². The van der Waals surface area contributed by atoms with Crippen LogP contribution in [0.2, 0.25) is 0 Å². The van der Waals surface area contributed by atoms with Gasteiger partial charge in [0.2, 0.25) is 0 Å². The molecule has 6 nitrogen and oxygen atoms in total. The molecule has 1 aromatic heterocycles. The van der Waals surface area contributed by atoms with Gasteiger partial charge in [-0.3, -0.25) is 9.89 Å². The normalized spacial score (nSPS) is 19.0. The van der Waals surface area contributed by atoms with Gasteiger partial charge in [0.15, 0.2) is 11.1 Å². The van der Waals surface area contributed by atoms with Crippen LogP contribution in [-0.4, -0.2) is 68.2 Å². The zero-order chi connectivity index (χ0) is 18.2. The van der Waals surface area contributed by atoms with Gasteiger partial charge in [0, 0.05) is 64.2 Å². The molecule has 1 aromatic rings. The van der Waals surface area contributed by atoms with E-state index < -0.39 is 0 Å². The summed E-state index contributed by atoms with van der Waals surface area (Å²) in [6, 6.07) is 0.503. The number of likely N-dealkylation sites (tertiary alicyclic amines) is 1. The maximum atomic E-state index is 4.79. The van der Waals surface area contributed by atoms with Crippen LogP contribution >= 0.6 is 35.3 Å². The maximum absolute atomic E-state index is 4.79. The van der Waals surface area contributed by atoms with E-state index in [1.165, 1.54) is 23.7 Å². The number of hydrogen-bond acceptors (Lipinski definition) is 5. The Morgan fingerprint density at radius 1 is 1.33 bits per heavy atom. The summed E-state index contributed by atoms with van der Waals surface area (Å²) in [5.41, 5.74) is 1.18. The van der Waals surface area contributed by atoms with Crippen LogP contribution in [0.1, 0.15) is 31.4 Å². The highest BCUT2D eigenvalue weighted by atomic mass is 127. The van der Waals surface area contributed by atoms with Gasteiger partial charge in [0.25, 0.3) is 0 Å². The molecule has 3 rings (SSSR count). The molecule has 0 saturated carbocycles. The zero-order valence-corrected chi connectivity index (χ0v) is 19.5. The summed E-state index contributed by atoms with van der Waals surface area (Å²) in [4.78, 5) is 14.0. The third kappa shape index (κ3) is 6.90. The number of anilines is 1. The molecule has 152 valence electrons. The van der Waals surface area contributed by atoms with Crippen molar-refractivity contribution in [3.8, 4) is 0 Å². The first-order valence-corrected chi connectivity index (χ1v) is 10.7. The first-order valence-electron chi connectivity index (χ1n) is 9.78. The minimum Gasteiger partial charge on any atom is -0.356 e. The number of nitrogens with one attached hydrogen (secondary N) is 2. The molecule has 3 heterocycles. The molecule has 0 aromatic carbocycles. The molecule has 0 bridgehead atoms. The van der Waals surface area contributed by atoms with Gasteiger partial charge in [-0.2, -0.15) is 0 Å². The molecule has 2 aliphatic rings. The number of nitrogens with zero attached hydrogens (tertiary/aromatic N) is 4. The number of rotatable bonds is 7. The van der Waals surface area contributed by atoms with Crippen molar-refractivity contribution in [1.82, 2.24) is 20.5 Å². The molecule has 2 aliphatic heterocycles. The topological polar surface area (TPSA) is 55.8 Å². The van der Waals surface area contributed by atoms with Gasteiger partial charge in [-0.1, -0.05) is 6.08 Å². The SMILES string of the molecule is C=CCN1CCC(NC(=NC)NCCc2csc(N3CCCC3)n2)CC1.I. The highest BCUT2D eigenvalue weighted by Gasteiger charge is 2.19. The molecular formula is C19H33IN6S. The third-order valence-electron chi connectivity index (χ3n) is 5.13. The molecule has 8 heteroatoms. The number of hydrogen-bond donors (Lipinski definition) is 2. The lowest BCUT2D eigenvalue weighted by atomic mass is 10.1. The van der Waals surface area contributed by atoms with Crippen LogP contribution < -0.4 is 15.5 Å². The molecule has 2 fully saturated rings. The Balaban J connectivity index is 0.00000261. The summed E-state index contributed by atoms with van der Waals surface area (Å²) < 4.78 is 0. The maximum Gasteiger partial charge on any atom is 0.191 e. The van der Waals surface area contributed by atoms with Gasteiger partial charge in [-0.05, 0) is 25.7 Å². The van der Waals surface area contributed by atoms with Crippen LogP contribution in [0, 0.1) is 0 Å². The molecule has 0 spiro atoms. The van der Waals surface area contributed by atoms with Crippen LogP contribution in [0.25, 0.3) is 0 Å². The smallest absolute Gasteiger partial charge is 0.191 e. The Morgan fingerprint density at radius 2 is 2.07 bits per heavy atom. The molecule has 0 radical (unpaired) electrons. The molecule has 0 unspecified atom stereocenters. The van der Waals surface area contributed by atoms with Crippen LogP contribution in [0.4, 0.5) is 5.13 Å². The first kappa shape index (κ1) is 22.4. The summed E-state index contributed by atoms with van der Waals surface area (Å²) in [7, 11) is 1.84. The third-order valence-corrected chi connectivity index (χ3v) is 6.08. The van der Waals surface area contributed by atoms with E-state index in [0.717, 1.165) is 64.5 Å². The van der Waals surface area contributed by atoms with Crippen molar-refractivity contribution < 1.29 is 0 Å². The zero-order valence-electron chi connectivity index (χ0n) is 16.3. The second kappa shape index (κ2) is 11.9. The largest absolute Gasteiger partial charge is 0.356 e. The lowest BCUT2D eigenvalue weighted by Gasteiger charge is -2.32. The lowest BCUT2D eigenvalue weighted by molar-refractivity contribution is 0.225. The van der Waals surface area contributed by atoms with Crippen LogP contribution in [0.15, 0.2) is 23.0 Å². The van der Waals surface area contributed by atoms with Crippen molar-refractivity contribution >= 4 is 46.4 Å². The summed E-state index contributed by atoms with van der Waals surface area (Å²) in [6.45, 7) is 10.2. The van der Waals surface area contributed by atoms with E-state index in [0.29, 0.717) is 6.04 Å². The standard InChI is InChI=1S/C19H32N6S.HI/c1-3-10-24-13-7-16(8-14-24)22-18(20-2)21-9-6-17-15-26-19(23-17)25-11-4-5-12-25;/h3,15-16H,1,4-14H2,2H3,(H2,20,21,22);1H. The molecule has 27 heavy (non-hydrogen) atoms. The van der Waals surface area contributed by atoms with Crippen molar-refractivity contribution in [3.63, 3.8) is 0 Å². The fourth-order valence-corrected chi connectivity index (χ4v) is 4.52. The number of aliphatic imine (C=N–C) groups is 1. The molecular weight excluding hydrogens is 471 g/mol. The summed E-state index contributed by atoms with van der Waals surface area (Å²) in [5, 5.41) is 10.4. The van der Waals surface area contributed by atoms with Crippen LogP contribution in [-0.2, 0) is 6.42 Å². The van der Waals surface area contributed by atoms with Gasteiger partial charge < -0.3 is 15.5 Å². The number of aromatic nitrogens is 1. The highest BCUT2D eigenvalue weighted by molar-refractivity contribution is 14.0. The van der Waals surface area contributed by atoms with E-state index in [1.54, 1.807) is 11.3 Å². The predicted octanol–water partition coefficient (Wildman–Crippen LogP) is 2.72. The average molecular weight is 504 g/mol. The fourth-order valence-electron chi connectivity index (χ4n) is 3.60. The fraction of sp³-hybridized carbons (Fsp3) is 0.684. The van der Waals surface area contributed by atoms with Gasteiger partial charge in [-0.25, -0.2) is 4.98 Å². The monoisotopic (exact) mass is 504 g/mol. The van der Waals surface area contributed by atoms with Gasteiger partial charge in [0.05, 0.1) is 5.69 Å².